The predicted molar refractivity (Wildman–Crippen MR) is 135 cm³/mol. The number of nitrogens with zero attached hydrogens (tertiary/aromatic N) is 8. The Morgan fingerprint density at radius 1 is 0.639 bits per heavy atom. The smallest absolute Gasteiger partial charge is 0.294 e. The molecule has 0 fully saturated rings. The molecule has 0 unspecified atom stereocenters. The molecule has 0 saturated heterocycles. The summed E-state index contributed by atoms with van der Waals surface area (Å²) in [6.07, 6.45) is 0. The van der Waals surface area contributed by atoms with Crippen molar-refractivity contribution in [2.45, 2.75) is 61.2 Å². The van der Waals surface area contributed by atoms with Gasteiger partial charge >= 0.3 is 0 Å². The van der Waals surface area contributed by atoms with Gasteiger partial charge in [-0.1, -0.05) is 0 Å². The zero-order valence-corrected chi connectivity index (χ0v) is 22.0. The summed E-state index contributed by atoms with van der Waals surface area (Å²) in [6, 6.07) is 11.6. The largest absolute Gasteiger partial charge is 0.349 e. The van der Waals surface area contributed by atoms with E-state index >= 15 is 0 Å². The summed E-state index contributed by atoms with van der Waals surface area (Å²) in [7, 11) is 0. The second kappa shape index (κ2) is 8.18. The standard InChI is InChI=1S/C26H31N9O/c1-15-11-19(5)32(28-15)25(36)23-9-10-24(27-23)26(33-20(6)12-16(2)29-33,34-21(7)13-17(3)30-34)35-22(8)14-18(4)31-35/h9-14,27H,1-8H3. The molecule has 0 amide bonds. The van der Waals surface area contributed by atoms with E-state index in [1.165, 1.54) is 4.68 Å². The molecule has 1 N–H and O–H groups in total. The van der Waals surface area contributed by atoms with E-state index in [0.717, 1.165) is 45.6 Å². The lowest BCUT2D eigenvalue weighted by Gasteiger charge is -2.37. The topological polar surface area (TPSA) is 104 Å². The van der Waals surface area contributed by atoms with Crippen molar-refractivity contribution in [3.05, 3.63) is 93.3 Å². The van der Waals surface area contributed by atoms with Gasteiger partial charge in [-0.05, 0) is 91.8 Å². The first-order chi connectivity index (χ1) is 17.0. The number of nitrogens with one attached hydrogen (secondary N) is 1. The molecule has 5 aromatic heterocycles. The predicted octanol–water partition coefficient (Wildman–Crippen LogP) is 3.71. The molecular weight excluding hydrogens is 454 g/mol. The minimum atomic E-state index is -1.16. The van der Waals surface area contributed by atoms with Gasteiger partial charge in [-0.2, -0.15) is 25.1 Å². The van der Waals surface area contributed by atoms with Gasteiger partial charge in [0.25, 0.3) is 11.7 Å². The van der Waals surface area contributed by atoms with E-state index in [9.17, 15) is 4.79 Å². The Morgan fingerprint density at radius 3 is 1.42 bits per heavy atom. The number of carbonyl (C=O) groups is 1. The Kier molecular flexibility index (Phi) is 5.35. The van der Waals surface area contributed by atoms with Crippen molar-refractivity contribution < 1.29 is 4.79 Å². The van der Waals surface area contributed by atoms with E-state index < -0.39 is 5.79 Å². The van der Waals surface area contributed by atoms with Gasteiger partial charge in [0.05, 0.1) is 28.5 Å². The molecule has 0 radical (unpaired) electrons. The molecule has 0 aliphatic heterocycles. The Morgan fingerprint density at radius 2 is 1.06 bits per heavy atom. The van der Waals surface area contributed by atoms with E-state index in [2.05, 4.69) is 10.1 Å². The maximum atomic E-state index is 13.4. The Balaban J connectivity index is 1.84. The maximum Gasteiger partial charge on any atom is 0.294 e. The van der Waals surface area contributed by atoms with Gasteiger partial charge < -0.3 is 4.98 Å². The molecule has 36 heavy (non-hydrogen) atoms. The Labute approximate surface area is 209 Å². The normalized spacial score (nSPS) is 12.0. The second-order valence-electron chi connectivity index (χ2n) is 9.58. The number of aromatic nitrogens is 9. The fraction of sp³-hybridized carbons (Fsp3) is 0.346. The average molecular weight is 486 g/mol. The van der Waals surface area contributed by atoms with E-state index in [0.29, 0.717) is 11.4 Å². The van der Waals surface area contributed by atoms with Crippen LogP contribution >= 0.6 is 0 Å². The molecule has 0 aromatic carbocycles. The van der Waals surface area contributed by atoms with Gasteiger partial charge in [0, 0.05) is 22.8 Å². The highest BCUT2D eigenvalue weighted by Crippen LogP contribution is 2.34. The van der Waals surface area contributed by atoms with E-state index in [4.69, 9.17) is 15.3 Å². The van der Waals surface area contributed by atoms with Gasteiger partial charge in [0.1, 0.15) is 5.69 Å². The summed E-state index contributed by atoms with van der Waals surface area (Å²) in [5.74, 6) is -1.40. The van der Waals surface area contributed by atoms with Crippen LogP contribution in [0.1, 0.15) is 61.7 Å². The van der Waals surface area contributed by atoms with Crippen LogP contribution in [0.3, 0.4) is 0 Å². The highest BCUT2D eigenvalue weighted by Gasteiger charge is 2.46. The lowest BCUT2D eigenvalue weighted by Crippen LogP contribution is -2.52. The molecule has 186 valence electrons. The van der Waals surface area contributed by atoms with Gasteiger partial charge in [-0.25, -0.2) is 14.0 Å². The first kappa shape index (κ1) is 23.5. The molecule has 5 rings (SSSR count). The molecule has 0 bridgehead atoms. The number of H-pyrrole nitrogens is 1. The number of aromatic amines is 1. The highest BCUT2D eigenvalue weighted by molar-refractivity contribution is 5.94. The third kappa shape index (κ3) is 3.43. The zero-order chi connectivity index (χ0) is 25.9. The second-order valence-corrected chi connectivity index (χ2v) is 9.58. The summed E-state index contributed by atoms with van der Waals surface area (Å²) in [6.45, 7) is 15.7. The SMILES string of the molecule is Cc1cc(C)n(C(=O)c2ccc(C(n3nc(C)cc3C)(n3nc(C)cc3C)n3nc(C)cc3C)[nH]2)n1. The number of hydrogen-bond donors (Lipinski definition) is 1. The average Bonchev–Trinajstić information content (AvgIpc) is 3.60. The molecule has 10 nitrogen and oxygen atoms in total. The van der Waals surface area contributed by atoms with Crippen molar-refractivity contribution in [3.8, 4) is 0 Å². The lowest BCUT2D eigenvalue weighted by molar-refractivity contribution is 0.0936. The van der Waals surface area contributed by atoms with Crippen LogP contribution in [0.5, 0.6) is 0 Å². The molecule has 10 heteroatoms. The first-order valence-electron chi connectivity index (χ1n) is 11.9. The van der Waals surface area contributed by atoms with Gasteiger partial charge in [-0.3, -0.25) is 4.79 Å². The summed E-state index contributed by atoms with van der Waals surface area (Å²) in [5.41, 5.74) is 8.03. The van der Waals surface area contributed by atoms with E-state index in [-0.39, 0.29) is 5.91 Å². The third-order valence-electron chi connectivity index (χ3n) is 6.39. The minimum absolute atomic E-state index is 0.240. The van der Waals surface area contributed by atoms with Gasteiger partial charge in [0.15, 0.2) is 0 Å². The summed E-state index contributed by atoms with van der Waals surface area (Å²) < 4.78 is 7.18. The van der Waals surface area contributed by atoms with Crippen molar-refractivity contribution in [2.24, 2.45) is 0 Å². The van der Waals surface area contributed by atoms with Crippen LogP contribution < -0.4 is 0 Å². The number of aryl methyl sites for hydroxylation is 8. The number of hydrogen-bond acceptors (Lipinski definition) is 5. The molecule has 5 heterocycles. The Hall–Kier alpha value is -4.21. The van der Waals surface area contributed by atoms with Gasteiger partial charge in [-0.15, -0.1) is 0 Å². The van der Waals surface area contributed by atoms with Crippen molar-refractivity contribution in [1.82, 2.24) is 44.1 Å². The molecule has 0 aliphatic rings. The van der Waals surface area contributed by atoms with Crippen LogP contribution in [0.4, 0.5) is 0 Å². The van der Waals surface area contributed by atoms with Crippen LogP contribution in [0.15, 0.2) is 36.4 Å². The molecule has 5 aromatic rings. The zero-order valence-electron chi connectivity index (χ0n) is 22.0. The maximum absolute atomic E-state index is 13.4. The molecule has 0 aliphatic carbocycles. The summed E-state index contributed by atoms with van der Waals surface area (Å²) in [4.78, 5) is 16.8. The van der Waals surface area contributed by atoms with Crippen molar-refractivity contribution >= 4 is 5.91 Å². The van der Waals surface area contributed by atoms with Crippen LogP contribution in [-0.2, 0) is 5.79 Å². The van der Waals surface area contributed by atoms with Crippen LogP contribution in [0, 0.1) is 55.4 Å². The quantitative estimate of drug-likeness (QED) is 0.409. The van der Waals surface area contributed by atoms with E-state index in [1.54, 1.807) is 6.07 Å². The van der Waals surface area contributed by atoms with Crippen molar-refractivity contribution in [2.75, 3.05) is 0 Å². The summed E-state index contributed by atoms with van der Waals surface area (Å²) in [5, 5.41) is 19.1. The molecule has 0 spiro atoms. The fourth-order valence-electron chi connectivity index (χ4n) is 5.11. The third-order valence-corrected chi connectivity index (χ3v) is 6.39. The lowest BCUT2D eigenvalue weighted by atomic mass is 10.2. The first-order valence-corrected chi connectivity index (χ1v) is 11.9. The van der Waals surface area contributed by atoms with Crippen molar-refractivity contribution in [3.63, 3.8) is 0 Å². The van der Waals surface area contributed by atoms with Gasteiger partial charge in [0.2, 0.25) is 0 Å². The molecular formula is C26H31N9O. The Bertz CT molecular complexity index is 1490. The van der Waals surface area contributed by atoms with Crippen LogP contribution in [-0.4, -0.2) is 50.0 Å². The summed E-state index contributed by atoms with van der Waals surface area (Å²) >= 11 is 0. The highest BCUT2D eigenvalue weighted by atomic mass is 16.2. The number of rotatable bonds is 5. The van der Waals surface area contributed by atoms with Crippen molar-refractivity contribution in [1.29, 1.82) is 0 Å². The molecule has 0 atom stereocenters. The monoisotopic (exact) mass is 485 g/mol. The molecule has 0 saturated carbocycles. The fourth-order valence-corrected chi connectivity index (χ4v) is 5.11. The minimum Gasteiger partial charge on any atom is -0.349 e. The van der Waals surface area contributed by atoms with Crippen LogP contribution in [0.2, 0.25) is 0 Å². The van der Waals surface area contributed by atoms with Crippen LogP contribution in [0.25, 0.3) is 0 Å². The number of carbonyl (C=O) groups excluding carboxylic acids is 1. The van der Waals surface area contributed by atoms with E-state index in [1.807, 2.05) is 99.8 Å².